The highest BCUT2D eigenvalue weighted by Gasteiger charge is 2.37. The van der Waals surface area contributed by atoms with Crippen molar-refractivity contribution >= 4 is 40.9 Å². The van der Waals surface area contributed by atoms with Crippen LogP contribution in [0.4, 0.5) is 4.79 Å². The first-order valence-electron chi connectivity index (χ1n) is 11.9. The second-order valence-electron chi connectivity index (χ2n) is 8.60. The topological polar surface area (TPSA) is 97.1 Å². The van der Waals surface area contributed by atoms with Gasteiger partial charge in [-0.05, 0) is 60.5 Å². The summed E-state index contributed by atoms with van der Waals surface area (Å²) in [5, 5.41) is -0.483. The van der Waals surface area contributed by atoms with E-state index in [9.17, 15) is 19.2 Å². The van der Waals surface area contributed by atoms with E-state index in [-0.39, 0.29) is 17.4 Å². The molecule has 5 rings (SSSR count). The zero-order valence-corrected chi connectivity index (χ0v) is 21.0. The molecular weight excluding hydrogens is 492 g/mol. The summed E-state index contributed by atoms with van der Waals surface area (Å²) in [6.07, 6.45) is 2.25. The number of furan rings is 1. The Morgan fingerprint density at radius 3 is 2.54 bits per heavy atom. The number of rotatable bonds is 6. The van der Waals surface area contributed by atoms with Gasteiger partial charge in [0, 0.05) is 24.7 Å². The van der Waals surface area contributed by atoms with Crippen LogP contribution in [0.1, 0.15) is 34.2 Å². The molecule has 0 spiro atoms. The fourth-order valence-corrected chi connectivity index (χ4v) is 5.10. The van der Waals surface area contributed by atoms with E-state index in [0.717, 1.165) is 34.2 Å². The molecule has 0 bridgehead atoms. The first kappa shape index (κ1) is 24.6. The maximum Gasteiger partial charge on any atom is 0.338 e. The van der Waals surface area contributed by atoms with Crippen LogP contribution in [0.3, 0.4) is 0 Å². The Morgan fingerprint density at radius 1 is 1.03 bits per heavy atom. The fourth-order valence-electron chi connectivity index (χ4n) is 4.28. The Morgan fingerprint density at radius 2 is 1.78 bits per heavy atom. The first-order chi connectivity index (χ1) is 17.9. The van der Waals surface area contributed by atoms with Crippen LogP contribution in [0.25, 0.3) is 17.4 Å². The van der Waals surface area contributed by atoms with Crippen LogP contribution in [0.5, 0.6) is 0 Å². The minimum atomic E-state index is -0.516. The van der Waals surface area contributed by atoms with Crippen LogP contribution in [0.15, 0.2) is 70.0 Å². The smallest absolute Gasteiger partial charge is 0.338 e. The molecule has 1 saturated heterocycles. The molecular formula is C28H24N2O6S. The molecule has 0 radical (unpaired) electrons. The molecule has 3 amide bonds. The monoisotopic (exact) mass is 516 g/mol. The predicted octanol–water partition coefficient (Wildman–Crippen LogP) is 4.74. The standard InChI is InChI=1S/C28H24N2O6S/c1-2-35-27(33)20-9-7-19(8-10-20)23-12-11-22(36-23)15-24-26(32)30(28(34)37-24)17-25(31)29-14-13-18-5-3-4-6-21(18)16-29/h3-12,15H,2,13-14,16-17H2,1H3/b24-15+. The van der Waals surface area contributed by atoms with Crippen LogP contribution >= 0.6 is 11.8 Å². The Kier molecular flexibility index (Phi) is 6.96. The summed E-state index contributed by atoms with van der Waals surface area (Å²) < 4.78 is 10.8. The third-order valence-electron chi connectivity index (χ3n) is 6.23. The van der Waals surface area contributed by atoms with Gasteiger partial charge in [0.15, 0.2) is 0 Å². The van der Waals surface area contributed by atoms with Crippen LogP contribution < -0.4 is 0 Å². The van der Waals surface area contributed by atoms with Gasteiger partial charge in [-0.3, -0.25) is 19.3 Å². The van der Waals surface area contributed by atoms with Gasteiger partial charge in [0.2, 0.25) is 5.91 Å². The number of thioether (sulfide) groups is 1. The molecule has 37 heavy (non-hydrogen) atoms. The minimum Gasteiger partial charge on any atom is -0.462 e. The number of nitrogens with zero attached hydrogens (tertiary/aromatic N) is 2. The molecule has 1 aromatic heterocycles. The number of fused-ring (bicyclic) bond motifs is 1. The van der Waals surface area contributed by atoms with Gasteiger partial charge in [-0.25, -0.2) is 4.79 Å². The first-order valence-corrected chi connectivity index (χ1v) is 12.7. The number of amides is 3. The van der Waals surface area contributed by atoms with E-state index < -0.39 is 17.1 Å². The zero-order valence-electron chi connectivity index (χ0n) is 20.1. The van der Waals surface area contributed by atoms with Gasteiger partial charge in [-0.2, -0.15) is 0 Å². The van der Waals surface area contributed by atoms with E-state index in [4.69, 9.17) is 9.15 Å². The highest BCUT2D eigenvalue weighted by molar-refractivity contribution is 8.18. The minimum absolute atomic E-state index is 0.195. The van der Waals surface area contributed by atoms with Gasteiger partial charge in [-0.1, -0.05) is 36.4 Å². The van der Waals surface area contributed by atoms with E-state index in [1.165, 1.54) is 11.6 Å². The summed E-state index contributed by atoms with van der Waals surface area (Å²) in [4.78, 5) is 53.1. The summed E-state index contributed by atoms with van der Waals surface area (Å²) >= 11 is 0.785. The summed E-state index contributed by atoms with van der Waals surface area (Å²) in [6.45, 7) is 2.78. The molecule has 2 aliphatic heterocycles. The number of carbonyl (C=O) groups is 4. The number of esters is 1. The molecule has 9 heteroatoms. The SMILES string of the molecule is CCOC(=O)c1ccc(-c2ccc(/C=C3/SC(=O)N(CC(=O)N4CCc5ccccc5C4)C3=O)o2)cc1. The molecule has 3 heterocycles. The van der Waals surface area contributed by atoms with Gasteiger partial charge in [0.1, 0.15) is 18.1 Å². The fraction of sp³-hybridized carbons (Fsp3) is 0.214. The van der Waals surface area contributed by atoms with Crippen LogP contribution in [-0.2, 0) is 27.3 Å². The van der Waals surface area contributed by atoms with Crippen LogP contribution in [0, 0.1) is 0 Å². The highest BCUT2D eigenvalue weighted by atomic mass is 32.2. The summed E-state index contributed by atoms with van der Waals surface area (Å²) in [7, 11) is 0. The second kappa shape index (κ2) is 10.5. The molecule has 0 saturated carbocycles. The van der Waals surface area contributed by atoms with E-state index in [1.54, 1.807) is 48.2 Å². The molecule has 0 aliphatic carbocycles. The van der Waals surface area contributed by atoms with E-state index >= 15 is 0 Å². The average molecular weight is 517 g/mol. The maximum atomic E-state index is 12.9. The van der Waals surface area contributed by atoms with Gasteiger partial charge in [-0.15, -0.1) is 0 Å². The van der Waals surface area contributed by atoms with E-state index in [1.807, 2.05) is 18.2 Å². The maximum absolute atomic E-state index is 12.9. The lowest BCUT2D eigenvalue weighted by molar-refractivity contribution is -0.136. The highest BCUT2D eigenvalue weighted by Crippen LogP contribution is 2.33. The third-order valence-corrected chi connectivity index (χ3v) is 7.14. The quantitative estimate of drug-likeness (QED) is 0.345. The molecule has 3 aromatic rings. The van der Waals surface area contributed by atoms with E-state index in [0.29, 0.717) is 36.8 Å². The van der Waals surface area contributed by atoms with Crippen molar-refractivity contribution in [2.75, 3.05) is 19.7 Å². The van der Waals surface area contributed by atoms with Crippen molar-refractivity contribution < 1.29 is 28.3 Å². The van der Waals surface area contributed by atoms with Crippen molar-refractivity contribution in [3.05, 3.63) is 88.0 Å². The summed E-state index contributed by atoms with van der Waals surface area (Å²) in [5.41, 5.74) is 3.48. The van der Waals surface area contributed by atoms with Gasteiger partial charge in [0.05, 0.1) is 17.1 Å². The van der Waals surface area contributed by atoms with Crippen molar-refractivity contribution in [1.82, 2.24) is 9.80 Å². The van der Waals surface area contributed by atoms with Crippen LogP contribution in [0.2, 0.25) is 0 Å². The Bertz CT molecular complexity index is 1410. The van der Waals surface area contributed by atoms with Gasteiger partial charge in [0.25, 0.3) is 11.1 Å². The number of imide groups is 1. The lowest BCUT2D eigenvalue weighted by atomic mass is 10.00. The molecule has 8 nitrogen and oxygen atoms in total. The van der Waals surface area contributed by atoms with Crippen molar-refractivity contribution in [2.45, 2.75) is 19.9 Å². The average Bonchev–Trinajstić information content (AvgIpc) is 3.48. The van der Waals surface area contributed by atoms with Crippen molar-refractivity contribution in [2.24, 2.45) is 0 Å². The number of carbonyl (C=O) groups excluding carboxylic acids is 4. The molecule has 188 valence electrons. The summed E-state index contributed by atoms with van der Waals surface area (Å²) in [5.74, 6) is -0.231. The normalized spacial score (nSPS) is 16.3. The Hall–Kier alpha value is -4.11. The number of hydrogen-bond donors (Lipinski definition) is 0. The number of ether oxygens (including phenoxy) is 1. The molecule has 2 aliphatic rings. The predicted molar refractivity (Wildman–Crippen MR) is 138 cm³/mol. The molecule has 0 atom stereocenters. The van der Waals surface area contributed by atoms with Crippen molar-refractivity contribution in [3.8, 4) is 11.3 Å². The lowest BCUT2D eigenvalue weighted by Crippen LogP contribution is -2.44. The lowest BCUT2D eigenvalue weighted by Gasteiger charge is -2.29. The Balaban J connectivity index is 1.24. The van der Waals surface area contributed by atoms with Crippen molar-refractivity contribution in [3.63, 3.8) is 0 Å². The molecule has 2 aromatic carbocycles. The molecule has 0 unspecified atom stereocenters. The zero-order chi connectivity index (χ0) is 25.9. The molecule has 0 N–H and O–H groups in total. The summed E-state index contributed by atoms with van der Waals surface area (Å²) in [6, 6.07) is 18.2. The largest absolute Gasteiger partial charge is 0.462 e. The Labute approximate surface area is 217 Å². The second-order valence-corrected chi connectivity index (χ2v) is 9.59. The van der Waals surface area contributed by atoms with Crippen LogP contribution in [-0.4, -0.2) is 52.5 Å². The van der Waals surface area contributed by atoms with E-state index in [2.05, 4.69) is 6.07 Å². The van der Waals surface area contributed by atoms with Gasteiger partial charge < -0.3 is 14.1 Å². The van der Waals surface area contributed by atoms with Crippen molar-refractivity contribution in [1.29, 1.82) is 0 Å². The van der Waals surface area contributed by atoms with Gasteiger partial charge >= 0.3 is 5.97 Å². The number of benzene rings is 2. The third kappa shape index (κ3) is 5.22. The number of hydrogen-bond acceptors (Lipinski definition) is 7. The molecule has 1 fully saturated rings.